The van der Waals surface area contributed by atoms with E-state index in [0.717, 1.165) is 0 Å². The Kier molecular flexibility index (Phi) is 4.06. The van der Waals surface area contributed by atoms with Crippen LogP contribution in [0.25, 0.3) is 0 Å². The first-order valence-electron chi connectivity index (χ1n) is 4.45. The van der Waals surface area contributed by atoms with Crippen LogP contribution in [-0.4, -0.2) is 33.8 Å². The van der Waals surface area contributed by atoms with E-state index in [2.05, 4.69) is 20.0 Å². The Morgan fingerprint density at radius 3 is 3.07 bits per heavy atom. The van der Waals surface area contributed by atoms with E-state index >= 15 is 0 Å². The van der Waals surface area contributed by atoms with E-state index in [1.54, 1.807) is 0 Å². The molecule has 78 valence electrons. The van der Waals surface area contributed by atoms with E-state index in [9.17, 15) is 4.79 Å². The summed E-state index contributed by atoms with van der Waals surface area (Å²) >= 11 is 0. The lowest BCUT2D eigenvalue weighted by molar-refractivity contribution is -0.139. The van der Waals surface area contributed by atoms with Crippen molar-refractivity contribution >= 4 is 5.97 Å². The molecule has 0 aromatic carbocycles. The molecule has 0 fully saturated rings. The van der Waals surface area contributed by atoms with E-state index in [-0.39, 0.29) is 0 Å². The number of carbonyl (C=O) groups is 1. The van der Waals surface area contributed by atoms with Gasteiger partial charge in [-0.15, -0.1) is 0 Å². The van der Waals surface area contributed by atoms with Gasteiger partial charge in [0.15, 0.2) is 5.82 Å². The average molecular weight is 199 g/mol. The molecule has 1 heterocycles. The molecule has 0 aliphatic rings. The van der Waals surface area contributed by atoms with Gasteiger partial charge in [0.2, 0.25) is 6.39 Å². The van der Waals surface area contributed by atoms with Crippen molar-refractivity contribution in [2.75, 3.05) is 6.54 Å². The van der Waals surface area contributed by atoms with Gasteiger partial charge < -0.3 is 14.9 Å². The van der Waals surface area contributed by atoms with Crippen molar-refractivity contribution in [3.8, 4) is 0 Å². The number of hydrogen-bond acceptors (Lipinski definition) is 5. The molecular weight excluding hydrogens is 186 g/mol. The smallest absolute Gasteiger partial charge is 0.320 e. The molecule has 0 spiro atoms. The minimum atomic E-state index is -0.833. The second kappa shape index (κ2) is 5.33. The van der Waals surface area contributed by atoms with Crippen LogP contribution in [0.15, 0.2) is 10.9 Å². The topological polar surface area (TPSA) is 88.3 Å². The summed E-state index contributed by atoms with van der Waals surface area (Å²) in [6.45, 7) is 2.35. The second-order valence-corrected chi connectivity index (χ2v) is 2.85. The van der Waals surface area contributed by atoms with Crippen LogP contribution in [0.2, 0.25) is 0 Å². The van der Waals surface area contributed by atoms with Crippen LogP contribution in [0, 0.1) is 0 Å². The summed E-state index contributed by atoms with van der Waals surface area (Å²) < 4.78 is 4.54. The first-order chi connectivity index (χ1) is 6.74. The van der Waals surface area contributed by atoms with Gasteiger partial charge in [-0.2, -0.15) is 4.98 Å². The van der Waals surface area contributed by atoms with Gasteiger partial charge in [0.25, 0.3) is 0 Å². The summed E-state index contributed by atoms with van der Waals surface area (Å²) in [7, 11) is 0. The van der Waals surface area contributed by atoms with Crippen molar-refractivity contribution in [1.29, 1.82) is 0 Å². The molecule has 1 aromatic heterocycles. The number of carboxylic acid groups (broad SMARTS) is 1. The minimum absolute atomic E-state index is 0.498. The standard InChI is InChI=1S/C8H13N3O3/c1-2-6(8(12)13)9-4-3-7-10-5-14-11-7/h5-6,9H,2-4H2,1H3,(H,12,13). The number of nitrogens with zero attached hydrogens (tertiary/aromatic N) is 2. The molecule has 2 N–H and O–H groups in total. The van der Waals surface area contributed by atoms with Crippen molar-refractivity contribution in [2.45, 2.75) is 25.8 Å². The van der Waals surface area contributed by atoms with Crippen LogP contribution in [0.5, 0.6) is 0 Å². The Balaban J connectivity index is 2.23. The van der Waals surface area contributed by atoms with Crippen molar-refractivity contribution < 1.29 is 14.4 Å². The zero-order valence-corrected chi connectivity index (χ0v) is 7.93. The molecule has 0 amide bonds. The Hall–Kier alpha value is -1.43. The first-order valence-corrected chi connectivity index (χ1v) is 4.45. The number of nitrogens with one attached hydrogen (secondary N) is 1. The summed E-state index contributed by atoms with van der Waals surface area (Å²) in [6.07, 6.45) is 2.38. The van der Waals surface area contributed by atoms with Crippen LogP contribution in [-0.2, 0) is 11.2 Å². The van der Waals surface area contributed by atoms with Crippen molar-refractivity contribution in [3.05, 3.63) is 12.2 Å². The largest absolute Gasteiger partial charge is 0.480 e. The molecule has 6 nitrogen and oxygen atoms in total. The molecule has 0 aliphatic carbocycles. The molecule has 14 heavy (non-hydrogen) atoms. The van der Waals surface area contributed by atoms with E-state index in [1.807, 2.05) is 6.92 Å². The first kappa shape index (κ1) is 10.6. The Morgan fingerprint density at radius 1 is 1.79 bits per heavy atom. The third kappa shape index (κ3) is 3.14. The Morgan fingerprint density at radius 2 is 2.57 bits per heavy atom. The minimum Gasteiger partial charge on any atom is -0.480 e. The summed E-state index contributed by atoms with van der Waals surface area (Å²) in [5.41, 5.74) is 0. The zero-order valence-electron chi connectivity index (χ0n) is 7.93. The third-order valence-corrected chi connectivity index (χ3v) is 1.85. The van der Waals surface area contributed by atoms with Crippen molar-refractivity contribution in [1.82, 2.24) is 15.5 Å². The van der Waals surface area contributed by atoms with Gasteiger partial charge >= 0.3 is 5.97 Å². The monoisotopic (exact) mass is 199 g/mol. The highest BCUT2D eigenvalue weighted by atomic mass is 16.5. The van der Waals surface area contributed by atoms with E-state index < -0.39 is 12.0 Å². The lowest BCUT2D eigenvalue weighted by Gasteiger charge is -2.10. The number of aromatic nitrogens is 2. The normalized spacial score (nSPS) is 12.6. The molecule has 0 bridgehead atoms. The maximum Gasteiger partial charge on any atom is 0.320 e. The molecule has 0 saturated carbocycles. The highest BCUT2D eigenvalue weighted by molar-refractivity contribution is 5.73. The lowest BCUT2D eigenvalue weighted by atomic mass is 10.2. The maximum absolute atomic E-state index is 10.6. The van der Waals surface area contributed by atoms with Gasteiger partial charge in [-0.05, 0) is 6.42 Å². The van der Waals surface area contributed by atoms with Gasteiger partial charge in [-0.25, -0.2) is 0 Å². The van der Waals surface area contributed by atoms with Crippen LogP contribution in [0.3, 0.4) is 0 Å². The highest BCUT2D eigenvalue weighted by Crippen LogP contribution is 1.93. The molecule has 1 atom stereocenters. The molecule has 1 unspecified atom stereocenters. The van der Waals surface area contributed by atoms with Gasteiger partial charge in [0.05, 0.1) is 0 Å². The summed E-state index contributed by atoms with van der Waals surface area (Å²) in [5.74, 6) is -0.252. The fraction of sp³-hybridized carbons (Fsp3) is 0.625. The van der Waals surface area contributed by atoms with Crippen molar-refractivity contribution in [2.24, 2.45) is 0 Å². The second-order valence-electron chi connectivity index (χ2n) is 2.85. The van der Waals surface area contributed by atoms with Gasteiger partial charge in [-0.1, -0.05) is 12.1 Å². The molecule has 1 rings (SSSR count). The van der Waals surface area contributed by atoms with Crippen LogP contribution >= 0.6 is 0 Å². The number of carboxylic acids is 1. The number of hydrogen-bond donors (Lipinski definition) is 2. The van der Waals surface area contributed by atoms with Gasteiger partial charge in [0.1, 0.15) is 6.04 Å². The number of aliphatic carboxylic acids is 1. The molecule has 0 radical (unpaired) electrons. The maximum atomic E-state index is 10.6. The fourth-order valence-corrected chi connectivity index (χ4v) is 1.07. The van der Waals surface area contributed by atoms with Gasteiger partial charge in [0, 0.05) is 13.0 Å². The summed E-state index contributed by atoms with van der Waals surface area (Å²) in [5, 5.41) is 15.2. The van der Waals surface area contributed by atoms with E-state index in [1.165, 1.54) is 6.39 Å². The van der Waals surface area contributed by atoms with Crippen LogP contribution in [0.1, 0.15) is 19.2 Å². The summed E-state index contributed by atoms with van der Waals surface area (Å²) in [4.78, 5) is 14.4. The molecule has 6 heteroatoms. The molecule has 0 saturated heterocycles. The fourth-order valence-electron chi connectivity index (χ4n) is 1.07. The zero-order chi connectivity index (χ0) is 10.4. The Bertz CT molecular complexity index is 273. The molecule has 1 aromatic rings. The van der Waals surface area contributed by atoms with E-state index in [4.69, 9.17) is 5.11 Å². The number of rotatable bonds is 6. The quantitative estimate of drug-likeness (QED) is 0.673. The van der Waals surface area contributed by atoms with Crippen LogP contribution < -0.4 is 5.32 Å². The van der Waals surface area contributed by atoms with Crippen LogP contribution in [0.4, 0.5) is 0 Å². The molecule has 0 aliphatic heterocycles. The van der Waals surface area contributed by atoms with Gasteiger partial charge in [-0.3, -0.25) is 4.79 Å². The molecular formula is C8H13N3O3. The summed E-state index contributed by atoms with van der Waals surface area (Å²) in [6, 6.07) is -0.498. The highest BCUT2D eigenvalue weighted by Gasteiger charge is 2.13. The third-order valence-electron chi connectivity index (χ3n) is 1.85. The van der Waals surface area contributed by atoms with E-state index in [0.29, 0.717) is 25.2 Å². The predicted molar refractivity (Wildman–Crippen MR) is 47.7 cm³/mol. The SMILES string of the molecule is CCC(NCCc1ncon1)C(=O)O. The average Bonchev–Trinajstić information content (AvgIpc) is 2.64. The van der Waals surface area contributed by atoms with Crippen molar-refractivity contribution in [3.63, 3.8) is 0 Å². The predicted octanol–water partition coefficient (Wildman–Crippen LogP) is 0.0649. The lowest BCUT2D eigenvalue weighted by Crippen LogP contribution is -2.37. The Labute approximate surface area is 81.3 Å².